The molecule has 7 nitrogen and oxygen atoms in total. The number of nitrogens with one attached hydrogen (secondary N) is 1. The molecule has 0 bridgehead atoms. The van der Waals surface area contributed by atoms with Crippen LogP contribution in [0.4, 0.5) is 0 Å². The van der Waals surface area contributed by atoms with Crippen LogP contribution in [0.2, 0.25) is 5.02 Å². The minimum Gasteiger partial charge on any atom is -0.506 e. The Morgan fingerprint density at radius 2 is 1.94 bits per heavy atom. The van der Waals surface area contributed by atoms with Crippen molar-refractivity contribution in [2.75, 3.05) is 26.9 Å². The summed E-state index contributed by atoms with van der Waals surface area (Å²) in [5.74, 6) is 1.82. The number of phenols is 1. The van der Waals surface area contributed by atoms with Crippen LogP contribution in [0.25, 0.3) is 33.1 Å². The van der Waals surface area contributed by atoms with E-state index in [2.05, 4.69) is 10.2 Å². The number of methoxy groups -OCH3 is 1. The number of aryl methyl sites for hydroxylation is 1. The van der Waals surface area contributed by atoms with Crippen LogP contribution in [0.1, 0.15) is 18.5 Å². The number of rotatable bonds is 5. The predicted molar refractivity (Wildman–Crippen MR) is 124 cm³/mol. The van der Waals surface area contributed by atoms with Crippen molar-refractivity contribution >= 4 is 33.4 Å². The number of nitrogens with zero attached hydrogens (tertiary/aromatic N) is 2. The highest BCUT2D eigenvalue weighted by Crippen LogP contribution is 2.41. The average molecular weight is 454 g/mol. The summed E-state index contributed by atoms with van der Waals surface area (Å²) in [4.78, 5) is 4.82. The molecule has 2 N–H and O–H groups in total. The van der Waals surface area contributed by atoms with Gasteiger partial charge in [0, 0.05) is 34.9 Å². The first-order chi connectivity index (χ1) is 15.5. The molecule has 4 aromatic rings. The zero-order valence-corrected chi connectivity index (χ0v) is 18.7. The largest absolute Gasteiger partial charge is 0.506 e. The topological polar surface area (TPSA) is 89.5 Å². The third-order valence-electron chi connectivity index (χ3n) is 6.02. The lowest BCUT2D eigenvalue weighted by Gasteiger charge is -2.23. The van der Waals surface area contributed by atoms with Crippen molar-refractivity contribution in [3.8, 4) is 28.5 Å². The molecule has 5 rings (SSSR count). The molecule has 0 unspecified atom stereocenters. The Balaban J connectivity index is 1.67. The number of aromatic hydroxyl groups is 1. The maximum absolute atomic E-state index is 9.85. The van der Waals surface area contributed by atoms with Gasteiger partial charge < -0.3 is 19.3 Å². The van der Waals surface area contributed by atoms with Crippen molar-refractivity contribution in [3.05, 3.63) is 41.0 Å². The van der Waals surface area contributed by atoms with E-state index < -0.39 is 0 Å². The molecule has 0 saturated carbocycles. The maximum Gasteiger partial charge on any atom is 0.161 e. The van der Waals surface area contributed by atoms with Gasteiger partial charge in [-0.2, -0.15) is 5.10 Å². The number of benzene rings is 2. The molecule has 1 fully saturated rings. The van der Waals surface area contributed by atoms with Crippen LogP contribution >= 0.6 is 11.6 Å². The van der Waals surface area contributed by atoms with Gasteiger partial charge in [0.05, 0.1) is 30.1 Å². The van der Waals surface area contributed by atoms with E-state index in [4.69, 9.17) is 30.8 Å². The Morgan fingerprint density at radius 1 is 1.16 bits per heavy atom. The molecular weight excluding hydrogens is 430 g/mol. The van der Waals surface area contributed by atoms with E-state index in [0.717, 1.165) is 53.5 Å². The molecule has 1 aliphatic rings. The number of aromatic amines is 1. The monoisotopic (exact) mass is 453 g/mol. The molecule has 0 atom stereocenters. The summed E-state index contributed by atoms with van der Waals surface area (Å²) in [6.07, 6.45) is 1.99. The van der Waals surface area contributed by atoms with Crippen molar-refractivity contribution < 1.29 is 19.3 Å². The van der Waals surface area contributed by atoms with Gasteiger partial charge in [-0.05, 0) is 56.0 Å². The highest BCUT2D eigenvalue weighted by molar-refractivity contribution is 6.32. The summed E-state index contributed by atoms with van der Waals surface area (Å²) in [5, 5.41) is 20.3. The molecule has 2 aromatic heterocycles. The lowest BCUT2D eigenvalue weighted by molar-refractivity contribution is 0.0494. The molecule has 166 valence electrons. The quantitative estimate of drug-likeness (QED) is 0.428. The van der Waals surface area contributed by atoms with Gasteiger partial charge in [-0.1, -0.05) is 11.6 Å². The highest BCUT2D eigenvalue weighted by atomic mass is 35.5. The molecule has 3 heterocycles. The van der Waals surface area contributed by atoms with E-state index in [-0.39, 0.29) is 10.8 Å². The lowest BCUT2D eigenvalue weighted by Crippen LogP contribution is -2.21. The van der Waals surface area contributed by atoms with E-state index in [9.17, 15) is 5.11 Å². The Bertz CT molecular complexity index is 1300. The summed E-state index contributed by atoms with van der Waals surface area (Å²) in [5.41, 5.74) is 3.03. The number of halogens is 1. The number of H-pyrrole nitrogens is 1. The van der Waals surface area contributed by atoms with Crippen LogP contribution < -0.4 is 9.47 Å². The molecule has 8 heteroatoms. The predicted octanol–water partition coefficient (Wildman–Crippen LogP) is 5.26. The molecule has 32 heavy (non-hydrogen) atoms. The van der Waals surface area contributed by atoms with Crippen LogP contribution in [-0.2, 0) is 4.74 Å². The smallest absolute Gasteiger partial charge is 0.161 e. The minimum atomic E-state index is 0.0274. The van der Waals surface area contributed by atoms with Gasteiger partial charge in [0.15, 0.2) is 17.1 Å². The molecule has 0 spiro atoms. The molecule has 0 aliphatic carbocycles. The van der Waals surface area contributed by atoms with Crippen LogP contribution in [-0.4, -0.2) is 47.2 Å². The van der Waals surface area contributed by atoms with Gasteiger partial charge in [0.25, 0.3) is 0 Å². The first-order valence-electron chi connectivity index (χ1n) is 10.6. The van der Waals surface area contributed by atoms with Gasteiger partial charge in [0.2, 0.25) is 0 Å². The second-order valence-corrected chi connectivity index (χ2v) is 8.48. The highest BCUT2D eigenvalue weighted by Gasteiger charge is 2.20. The van der Waals surface area contributed by atoms with Crippen molar-refractivity contribution in [2.24, 2.45) is 5.92 Å². The Labute approximate surface area is 190 Å². The van der Waals surface area contributed by atoms with Crippen LogP contribution in [0.3, 0.4) is 0 Å². The molecule has 0 amide bonds. The second-order valence-electron chi connectivity index (χ2n) is 8.07. The fourth-order valence-electron chi connectivity index (χ4n) is 4.23. The zero-order valence-electron chi connectivity index (χ0n) is 17.9. The van der Waals surface area contributed by atoms with Gasteiger partial charge >= 0.3 is 0 Å². The summed E-state index contributed by atoms with van der Waals surface area (Å²) < 4.78 is 17.4. The Hall–Kier alpha value is -3.03. The van der Waals surface area contributed by atoms with Crippen molar-refractivity contribution in [1.82, 2.24) is 15.2 Å². The van der Waals surface area contributed by atoms with Crippen LogP contribution in [0.15, 0.2) is 30.3 Å². The molecular formula is C24H24ClN3O4. The number of ether oxygens (including phenoxy) is 3. The minimum absolute atomic E-state index is 0.0274. The molecule has 1 aliphatic heterocycles. The second kappa shape index (κ2) is 8.48. The standard InChI is InChI=1S/C24H24ClN3O4/c1-13-22-16-10-21(32-12-14-5-7-31-8-6-14)20(30-2)11-17(16)23(26-24(22)28-27-13)15-3-4-19(29)18(25)9-15/h3-4,9-11,14,29H,5-8,12H2,1-2H3,(H,26,27,28). The third kappa shape index (κ3) is 3.72. The first kappa shape index (κ1) is 20.8. The van der Waals surface area contributed by atoms with Gasteiger partial charge in [-0.15, -0.1) is 0 Å². The first-order valence-corrected chi connectivity index (χ1v) is 11.0. The normalized spacial score (nSPS) is 14.8. The van der Waals surface area contributed by atoms with Crippen molar-refractivity contribution in [3.63, 3.8) is 0 Å². The van der Waals surface area contributed by atoms with Gasteiger partial charge in [-0.3, -0.25) is 5.10 Å². The average Bonchev–Trinajstić information content (AvgIpc) is 3.19. The number of fused-ring (bicyclic) bond motifs is 3. The SMILES string of the molecule is COc1cc2c(-c3ccc(O)c(Cl)c3)nc3[nH]nc(C)c3c2cc1OCC1CCOCC1. The third-order valence-corrected chi connectivity index (χ3v) is 6.32. The summed E-state index contributed by atoms with van der Waals surface area (Å²) in [6.45, 7) is 4.12. The van der Waals surface area contributed by atoms with E-state index in [1.165, 1.54) is 0 Å². The Morgan fingerprint density at radius 3 is 2.69 bits per heavy atom. The summed E-state index contributed by atoms with van der Waals surface area (Å²) in [7, 11) is 1.63. The van der Waals surface area contributed by atoms with E-state index in [1.54, 1.807) is 25.3 Å². The molecule has 1 saturated heterocycles. The van der Waals surface area contributed by atoms with Crippen molar-refractivity contribution in [2.45, 2.75) is 19.8 Å². The summed E-state index contributed by atoms with van der Waals surface area (Å²) >= 11 is 6.18. The fourth-order valence-corrected chi connectivity index (χ4v) is 4.41. The number of hydrogen-bond acceptors (Lipinski definition) is 6. The number of hydrogen-bond donors (Lipinski definition) is 2. The van der Waals surface area contributed by atoms with Gasteiger partial charge in [-0.25, -0.2) is 4.98 Å². The van der Waals surface area contributed by atoms with Crippen molar-refractivity contribution in [1.29, 1.82) is 0 Å². The van der Waals surface area contributed by atoms with E-state index >= 15 is 0 Å². The van der Waals surface area contributed by atoms with Crippen LogP contribution in [0.5, 0.6) is 17.2 Å². The van der Waals surface area contributed by atoms with Crippen LogP contribution in [0, 0.1) is 12.8 Å². The zero-order chi connectivity index (χ0) is 22.2. The van der Waals surface area contributed by atoms with E-state index in [0.29, 0.717) is 35.4 Å². The Kier molecular flexibility index (Phi) is 5.53. The molecule has 0 radical (unpaired) electrons. The molecule has 2 aromatic carbocycles. The van der Waals surface area contributed by atoms with E-state index in [1.807, 2.05) is 19.1 Å². The maximum atomic E-state index is 9.85. The summed E-state index contributed by atoms with van der Waals surface area (Å²) in [6, 6.07) is 9.02. The number of phenolic OH excluding ortho intramolecular Hbond substituents is 1. The number of pyridine rings is 1. The van der Waals surface area contributed by atoms with Gasteiger partial charge in [0.1, 0.15) is 5.75 Å². The number of aromatic nitrogens is 3. The lowest BCUT2D eigenvalue weighted by atomic mass is 10.00. The fraction of sp³-hybridized carbons (Fsp3) is 0.333.